The first-order valence-electron chi connectivity index (χ1n) is 11.8. The number of ether oxygens (including phenoxy) is 2. The van der Waals surface area contributed by atoms with Gasteiger partial charge in [-0.05, 0) is 24.6 Å². The number of likely N-dealkylation sites (tertiary alicyclic amines) is 1. The Balaban J connectivity index is 1.49. The molecule has 2 aromatic heterocycles. The van der Waals surface area contributed by atoms with Crippen molar-refractivity contribution in [1.82, 2.24) is 20.2 Å². The minimum absolute atomic E-state index is 0.0839. The van der Waals surface area contributed by atoms with Gasteiger partial charge in [0.25, 0.3) is 5.91 Å². The van der Waals surface area contributed by atoms with Gasteiger partial charge in [0.15, 0.2) is 5.75 Å². The molecular weight excluding hydrogens is 511 g/mol. The molecule has 1 aromatic carbocycles. The molecule has 1 saturated heterocycles. The van der Waals surface area contributed by atoms with Crippen molar-refractivity contribution in [2.75, 3.05) is 38.7 Å². The zero-order valence-corrected chi connectivity index (χ0v) is 20.7. The fraction of sp³-hybridized carbons (Fsp3) is 0.360. The molecule has 37 heavy (non-hydrogen) atoms. The van der Waals surface area contributed by atoms with Crippen molar-refractivity contribution in [1.29, 1.82) is 0 Å². The Morgan fingerprint density at radius 1 is 1.30 bits per heavy atom. The molecule has 8 nitrogen and oxygen atoms in total. The van der Waals surface area contributed by atoms with E-state index < -0.39 is 12.7 Å². The van der Waals surface area contributed by atoms with E-state index in [2.05, 4.69) is 20.6 Å². The zero-order valence-electron chi connectivity index (χ0n) is 19.9. The Morgan fingerprint density at radius 2 is 2.14 bits per heavy atom. The third kappa shape index (κ3) is 5.19. The number of alkyl halides is 3. The zero-order chi connectivity index (χ0) is 26.2. The molecule has 1 amide bonds. The van der Waals surface area contributed by atoms with E-state index in [1.54, 1.807) is 30.5 Å². The number of carbonyl (C=O) groups excluding carboxylic acids is 1. The van der Waals surface area contributed by atoms with E-state index >= 15 is 0 Å². The third-order valence-corrected chi connectivity index (χ3v) is 6.83. The number of carbonyl (C=O) groups is 1. The molecule has 4 heterocycles. The fourth-order valence-corrected chi connectivity index (χ4v) is 4.92. The number of methoxy groups -OCH3 is 1. The van der Waals surface area contributed by atoms with Gasteiger partial charge in [0.1, 0.15) is 12.4 Å². The van der Waals surface area contributed by atoms with Crippen molar-refractivity contribution in [3.8, 4) is 22.8 Å². The van der Waals surface area contributed by atoms with Crippen LogP contribution in [-0.2, 0) is 6.42 Å². The van der Waals surface area contributed by atoms with Gasteiger partial charge in [0, 0.05) is 43.0 Å². The van der Waals surface area contributed by atoms with Crippen LogP contribution >= 0.6 is 11.6 Å². The second-order valence-corrected chi connectivity index (χ2v) is 9.30. The maximum absolute atomic E-state index is 12.9. The normalized spacial score (nSPS) is 17.5. The molecule has 0 unspecified atom stereocenters. The number of hydrogen-bond donors (Lipinski definition) is 3. The lowest BCUT2D eigenvalue weighted by molar-refractivity contribution is -0.163. The number of H-pyrrole nitrogens is 1. The molecular formula is C25H25ClF3N5O3. The second-order valence-electron chi connectivity index (χ2n) is 8.89. The number of hydrogen-bond acceptors (Lipinski definition) is 6. The number of nitrogens with one attached hydrogen (secondary N) is 3. The molecule has 3 aromatic rings. The smallest absolute Gasteiger partial charge is 0.401 e. The first-order chi connectivity index (χ1) is 17.7. The molecule has 0 aliphatic carbocycles. The third-order valence-electron chi connectivity index (χ3n) is 6.53. The number of aromatic amines is 1. The summed E-state index contributed by atoms with van der Waals surface area (Å²) < 4.78 is 50.0. The summed E-state index contributed by atoms with van der Waals surface area (Å²) in [4.78, 5) is 21.7. The summed E-state index contributed by atoms with van der Waals surface area (Å²) in [5.74, 6) is 0.574. The van der Waals surface area contributed by atoms with E-state index in [1.165, 1.54) is 18.2 Å². The fourth-order valence-electron chi connectivity index (χ4n) is 4.66. The Hall–Kier alpha value is -3.44. The average molecular weight is 536 g/mol. The number of nitrogens with zero attached hydrogens (tertiary/aromatic N) is 2. The molecule has 0 saturated carbocycles. The molecule has 0 radical (unpaired) electrons. The topological polar surface area (TPSA) is 91.5 Å². The Bertz CT molecular complexity index is 1310. The minimum atomic E-state index is -4.26. The van der Waals surface area contributed by atoms with Crippen LogP contribution in [0.1, 0.15) is 22.5 Å². The monoisotopic (exact) mass is 535 g/mol. The van der Waals surface area contributed by atoms with Crippen LogP contribution in [0.4, 0.5) is 24.5 Å². The van der Waals surface area contributed by atoms with E-state index in [1.807, 2.05) is 0 Å². The number of halogens is 4. The highest BCUT2D eigenvalue weighted by Crippen LogP contribution is 2.43. The maximum atomic E-state index is 12.9. The molecule has 2 aliphatic rings. The molecule has 12 heteroatoms. The average Bonchev–Trinajstić information content (AvgIpc) is 3.21. The van der Waals surface area contributed by atoms with Crippen LogP contribution in [0.3, 0.4) is 0 Å². The number of para-hydroxylation sites is 1. The molecule has 0 bridgehead atoms. The van der Waals surface area contributed by atoms with Crippen molar-refractivity contribution in [2.24, 2.45) is 0 Å². The van der Waals surface area contributed by atoms with Crippen LogP contribution in [0.2, 0.25) is 5.02 Å². The van der Waals surface area contributed by atoms with Gasteiger partial charge >= 0.3 is 6.18 Å². The molecule has 1 atom stereocenters. The van der Waals surface area contributed by atoms with E-state index in [9.17, 15) is 18.0 Å². The summed E-state index contributed by atoms with van der Waals surface area (Å²) in [6.07, 6.45) is 0.0586. The van der Waals surface area contributed by atoms with Crippen LogP contribution < -0.4 is 20.1 Å². The Morgan fingerprint density at radius 3 is 2.86 bits per heavy atom. The SMILES string of the molecule is COc1c(Cl)cccc1Nc1c(-c2ccncc2OC[C@@H]2CCN2CC(F)(F)F)[nH]c2c1C(=O)NCC2. The van der Waals surface area contributed by atoms with Crippen molar-refractivity contribution >= 4 is 28.9 Å². The van der Waals surface area contributed by atoms with Gasteiger partial charge in [-0.2, -0.15) is 13.2 Å². The summed E-state index contributed by atoms with van der Waals surface area (Å²) in [7, 11) is 1.50. The van der Waals surface area contributed by atoms with E-state index in [0.717, 1.165) is 5.69 Å². The van der Waals surface area contributed by atoms with Crippen LogP contribution in [0.15, 0.2) is 36.7 Å². The van der Waals surface area contributed by atoms with Crippen molar-refractivity contribution in [3.05, 3.63) is 52.9 Å². The highest BCUT2D eigenvalue weighted by atomic mass is 35.5. The molecule has 196 valence electrons. The van der Waals surface area contributed by atoms with E-state index in [4.69, 9.17) is 21.1 Å². The van der Waals surface area contributed by atoms with Crippen LogP contribution in [0.5, 0.6) is 11.5 Å². The van der Waals surface area contributed by atoms with Gasteiger partial charge in [-0.15, -0.1) is 0 Å². The number of pyridine rings is 1. The second kappa shape index (κ2) is 10.1. The summed E-state index contributed by atoms with van der Waals surface area (Å²) in [5, 5.41) is 6.57. The van der Waals surface area contributed by atoms with Gasteiger partial charge in [-0.3, -0.25) is 14.7 Å². The Kier molecular flexibility index (Phi) is 6.91. The van der Waals surface area contributed by atoms with Crippen LogP contribution in [-0.4, -0.2) is 66.3 Å². The number of aromatic nitrogens is 2. The summed E-state index contributed by atoms with van der Waals surface area (Å²) >= 11 is 6.31. The Labute approximate surface area is 216 Å². The van der Waals surface area contributed by atoms with Gasteiger partial charge in [-0.1, -0.05) is 17.7 Å². The molecule has 1 fully saturated rings. The van der Waals surface area contributed by atoms with E-state index in [-0.39, 0.29) is 18.6 Å². The predicted octanol–water partition coefficient (Wildman–Crippen LogP) is 4.78. The lowest BCUT2D eigenvalue weighted by Crippen LogP contribution is -2.54. The van der Waals surface area contributed by atoms with Gasteiger partial charge in [0.05, 0.1) is 47.5 Å². The van der Waals surface area contributed by atoms with E-state index in [0.29, 0.717) is 70.6 Å². The first-order valence-corrected chi connectivity index (χ1v) is 12.1. The standard InChI is InChI=1S/C25H25ClF3N5O3/c1-36-23-16(26)3-2-4-18(23)33-22-20-17(6-9-31-24(20)35)32-21(22)15-5-8-30-11-19(15)37-12-14-7-10-34(14)13-25(27,28)29/h2-5,8,11,14,32-33H,6-7,9-10,12-13H2,1H3,(H,31,35)/t14-/m0/s1. The quantitative estimate of drug-likeness (QED) is 0.384. The minimum Gasteiger partial charge on any atom is -0.493 e. The van der Waals surface area contributed by atoms with Crippen molar-refractivity contribution in [3.63, 3.8) is 0 Å². The van der Waals surface area contributed by atoms with Gasteiger partial charge < -0.3 is 25.1 Å². The first kappa shape index (κ1) is 25.2. The number of fused-ring (bicyclic) bond motifs is 1. The lowest BCUT2D eigenvalue weighted by Gasteiger charge is -2.40. The van der Waals surface area contributed by atoms with Crippen LogP contribution in [0.25, 0.3) is 11.3 Å². The number of amides is 1. The van der Waals surface area contributed by atoms with Crippen molar-refractivity contribution < 1.29 is 27.4 Å². The molecule has 0 spiro atoms. The predicted molar refractivity (Wildman–Crippen MR) is 133 cm³/mol. The highest BCUT2D eigenvalue weighted by Gasteiger charge is 2.38. The molecule has 2 aliphatic heterocycles. The largest absolute Gasteiger partial charge is 0.493 e. The lowest BCUT2D eigenvalue weighted by atomic mass is 10.0. The number of rotatable bonds is 8. The summed E-state index contributed by atoms with van der Waals surface area (Å²) in [6.45, 7) is -0.0148. The summed E-state index contributed by atoms with van der Waals surface area (Å²) in [5.41, 5.74) is 3.47. The van der Waals surface area contributed by atoms with Crippen LogP contribution in [0, 0.1) is 0 Å². The number of benzene rings is 1. The number of anilines is 2. The van der Waals surface area contributed by atoms with Crippen molar-refractivity contribution in [2.45, 2.75) is 25.1 Å². The van der Waals surface area contributed by atoms with Gasteiger partial charge in [0.2, 0.25) is 0 Å². The molecule has 3 N–H and O–H groups in total. The molecule has 5 rings (SSSR count). The maximum Gasteiger partial charge on any atom is 0.401 e. The van der Waals surface area contributed by atoms with Gasteiger partial charge in [-0.25, -0.2) is 0 Å². The summed E-state index contributed by atoms with van der Waals surface area (Å²) in [6, 6.07) is 6.64. The highest BCUT2D eigenvalue weighted by molar-refractivity contribution is 6.32.